The molecule has 23 heavy (non-hydrogen) atoms. The zero-order valence-corrected chi connectivity index (χ0v) is 13.7. The second kappa shape index (κ2) is 7.06. The third-order valence-corrected chi connectivity index (χ3v) is 4.10. The number of aryl methyl sites for hydroxylation is 2. The Morgan fingerprint density at radius 2 is 2.00 bits per heavy atom. The van der Waals surface area contributed by atoms with Crippen molar-refractivity contribution in [1.29, 1.82) is 0 Å². The van der Waals surface area contributed by atoms with E-state index in [4.69, 9.17) is 4.74 Å². The highest BCUT2D eigenvalue weighted by molar-refractivity contribution is 7.13. The maximum absolute atomic E-state index is 12.3. The van der Waals surface area contributed by atoms with E-state index < -0.39 is 11.9 Å². The zero-order chi connectivity index (χ0) is 17.0. The minimum Gasteiger partial charge on any atom is -0.496 e. The maximum Gasteiger partial charge on any atom is 0.352 e. The second-order valence-corrected chi connectivity index (χ2v) is 5.91. The Morgan fingerprint density at radius 3 is 2.57 bits per heavy atom. The first-order valence-electron chi connectivity index (χ1n) is 6.75. The molecule has 0 spiro atoms. The van der Waals surface area contributed by atoms with Gasteiger partial charge in [-0.2, -0.15) is 0 Å². The van der Waals surface area contributed by atoms with Crippen LogP contribution >= 0.6 is 11.3 Å². The predicted molar refractivity (Wildman–Crippen MR) is 87.7 cm³/mol. The van der Waals surface area contributed by atoms with Crippen LogP contribution < -0.4 is 10.1 Å². The Kier molecular flexibility index (Phi) is 5.13. The minimum atomic E-state index is -1.23. The van der Waals surface area contributed by atoms with E-state index >= 15 is 0 Å². The molecule has 0 fully saturated rings. The molecular formula is C16H16N2O4S. The van der Waals surface area contributed by atoms with E-state index in [1.807, 2.05) is 0 Å². The van der Waals surface area contributed by atoms with E-state index in [0.717, 1.165) is 5.01 Å². The third kappa shape index (κ3) is 3.95. The van der Waals surface area contributed by atoms with Crippen molar-refractivity contribution in [2.45, 2.75) is 13.8 Å². The number of carboxylic acid groups (broad SMARTS) is 1. The fourth-order valence-corrected chi connectivity index (χ4v) is 2.83. The fourth-order valence-electron chi connectivity index (χ4n) is 2.01. The van der Waals surface area contributed by atoms with Crippen molar-refractivity contribution >= 4 is 29.3 Å². The third-order valence-electron chi connectivity index (χ3n) is 3.03. The number of carbonyl (C=O) groups excluding carboxylic acids is 1. The molecule has 0 aliphatic heterocycles. The fraction of sp³-hybridized carbons (Fsp3) is 0.188. The average molecular weight is 332 g/mol. The monoisotopic (exact) mass is 332 g/mol. The van der Waals surface area contributed by atoms with Crippen molar-refractivity contribution in [2.75, 3.05) is 7.11 Å². The van der Waals surface area contributed by atoms with Crippen LogP contribution in [0.5, 0.6) is 5.75 Å². The SMILES string of the molecule is COc1ccccc1/C=C(/NC(=O)c1sc(C)nc1C)C(=O)O. The molecule has 0 saturated carbocycles. The summed E-state index contributed by atoms with van der Waals surface area (Å²) in [6, 6.07) is 6.95. The molecule has 0 radical (unpaired) electrons. The summed E-state index contributed by atoms with van der Waals surface area (Å²) >= 11 is 1.22. The number of amides is 1. The van der Waals surface area contributed by atoms with E-state index in [1.54, 1.807) is 38.1 Å². The van der Waals surface area contributed by atoms with Crippen LogP contribution in [0.15, 0.2) is 30.0 Å². The summed E-state index contributed by atoms with van der Waals surface area (Å²) in [5.74, 6) is -1.20. The van der Waals surface area contributed by atoms with Crippen LogP contribution in [0.3, 0.4) is 0 Å². The van der Waals surface area contributed by atoms with Gasteiger partial charge in [0.2, 0.25) is 0 Å². The molecule has 1 aromatic carbocycles. The highest BCUT2D eigenvalue weighted by Gasteiger charge is 2.18. The number of nitrogens with zero attached hydrogens (tertiary/aromatic N) is 1. The summed E-state index contributed by atoms with van der Waals surface area (Å²) in [6.45, 7) is 3.50. The quantitative estimate of drug-likeness (QED) is 0.822. The number of rotatable bonds is 5. The lowest BCUT2D eigenvalue weighted by Crippen LogP contribution is -2.27. The number of carboxylic acids is 1. The van der Waals surface area contributed by atoms with Crippen molar-refractivity contribution in [1.82, 2.24) is 10.3 Å². The van der Waals surface area contributed by atoms with Crippen LogP contribution in [0.4, 0.5) is 0 Å². The van der Waals surface area contributed by atoms with Gasteiger partial charge >= 0.3 is 5.97 Å². The van der Waals surface area contributed by atoms with Crippen LogP contribution in [-0.4, -0.2) is 29.1 Å². The van der Waals surface area contributed by atoms with Crippen LogP contribution in [-0.2, 0) is 4.79 Å². The van der Waals surface area contributed by atoms with Gasteiger partial charge in [0, 0.05) is 5.56 Å². The minimum absolute atomic E-state index is 0.232. The number of carbonyl (C=O) groups is 2. The molecule has 120 valence electrons. The Hall–Kier alpha value is -2.67. The second-order valence-electron chi connectivity index (χ2n) is 4.71. The first-order valence-corrected chi connectivity index (χ1v) is 7.57. The summed E-state index contributed by atoms with van der Waals surface area (Å²) in [5, 5.41) is 12.5. The molecule has 7 heteroatoms. The smallest absolute Gasteiger partial charge is 0.352 e. The number of aliphatic carboxylic acids is 1. The van der Waals surface area contributed by atoms with Gasteiger partial charge in [-0.3, -0.25) is 4.79 Å². The molecule has 2 aromatic rings. The molecule has 1 amide bonds. The predicted octanol–water partition coefficient (Wildman–Crippen LogP) is 2.62. The van der Waals surface area contributed by atoms with Crippen molar-refractivity contribution in [3.05, 3.63) is 51.1 Å². The van der Waals surface area contributed by atoms with Gasteiger partial charge in [0.05, 0.1) is 17.8 Å². The van der Waals surface area contributed by atoms with Gasteiger partial charge in [0.15, 0.2) is 0 Å². The average Bonchev–Trinajstić information content (AvgIpc) is 2.85. The molecular weight excluding hydrogens is 316 g/mol. The summed E-state index contributed by atoms with van der Waals surface area (Å²) in [6.07, 6.45) is 1.36. The Bertz CT molecular complexity index is 780. The normalized spacial score (nSPS) is 11.2. The molecule has 0 aliphatic rings. The van der Waals surface area contributed by atoms with Gasteiger partial charge in [-0.15, -0.1) is 11.3 Å². The summed E-state index contributed by atoms with van der Waals surface area (Å²) < 4.78 is 5.18. The number of hydrogen-bond acceptors (Lipinski definition) is 5. The lowest BCUT2D eigenvalue weighted by atomic mass is 10.1. The van der Waals surface area contributed by atoms with Crippen molar-refractivity contribution in [2.24, 2.45) is 0 Å². The molecule has 0 saturated heterocycles. The van der Waals surface area contributed by atoms with Gasteiger partial charge in [-0.25, -0.2) is 9.78 Å². The molecule has 1 aromatic heterocycles. The molecule has 2 N–H and O–H groups in total. The molecule has 0 unspecified atom stereocenters. The number of ether oxygens (including phenoxy) is 1. The first kappa shape index (κ1) is 16.7. The van der Waals surface area contributed by atoms with Crippen LogP contribution in [0, 0.1) is 13.8 Å². The topological polar surface area (TPSA) is 88.5 Å². The first-order chi connectivity index (χ1) is 10.9. The standard InChI is InChI=1S/C16H16N2O4S/c1-9-14(23-10(2)17-9)15(19)18-12(16(20)21)8-11-6-4-5-7-13(11)22-3/h4-8H,1-3H3,(H,18,19)(H,20,21)/b12-8+. The van der Waals surface area contributed by atoms with Gasteiger partial charge in [-0.1, -0.05) is 18.2 Å². The molecule has 2 rings (SSSR count). The highest BCUT2D eigenvalue weighted by Crippen LogP contribution is 2.21. The van der Waals surface area contributed by atoms with Crippen molar-refractivity contribution in [3.63, 3.8) is 0 Å². The largest absolute Gasteiger partial charge is 0.496 e. The number of thiazole rings is 1. The van der Waals surface area contributed by atoms with E-state index in [-0.39, 0.29) is 5.70 Å². The number of para-hydroxylation sites is 1. The zero-order valence-electron chi connectivity index (χ0n) is 12.9. The Labute approximate surface area is 137 Å². The van der Waals surface area contributed by atoms with Gasteiger partial charge in [0.25, 0.3) is 5.91 Å². The van der Waals surface area contributed by atoms with Crippen LogP contribution in [0.25, 0.3) is 6.08 Å². The summed E-state index contributed by atoms with van der Waals surface area (Å²) in [7, 11) is 1.50. The number of hydrogen-bond donors (Lipinski definition) is 2. The summed E-state index contributed by atoms with van der Waals surface area (Å²) in [4.78, 5) is 28.3. The van der Waals surface area contributed by atoms with Gasteiger partial charge in [-0.05, 0) is 26.0 Å². The maximum atomic E-state index is 12.3. The number of nitrogens with one attached hydrogen (secondary N) is 1. The lowest BCUT2D eigenvalue weighted by molar-refractivity contribution is -0.132. The number of aromatic nitrogens is 1. The molecule has 1 heterocycles. The Balaban J connectivity index is 2.32. The molecule has 0 atom stereocenters. The summed E-state index contributed by atoms with van der Waals surface area (Å²) in [5.41, 5.74) is 0.905. The molecule has 0 aliphatic carbocycles. The van der Waals surface area contributed by atoms with Crippen LogP contribution in [0.2, 0.25) is 0 Å². The van der Waals surface area contributed by atoms with Gasteiger partial charge < -0.3 is 15.2 Å². The van der Waals surface area contributed by atoms with Gasteiger partial charge in [0.1, 0.15) is 16.3 Å². The lowest BCUT2D eigenvalue weighted by Gasteiger charge is -2.08. The molecule has 0 bridgehead atoms. The number of benzene rings is 1. The number of methoxy groups -OCH3 is 1. The van der Waals surface area contributed by atoms with Crippen molar-refractivity contribution < 1.29 is 19.4 Å². The molecule has 6 nitrogen and oxygen atoms in total. The van der Waals surface area contributed by atoms with E-state index in [2.05, 4.69) is 10.3 Å². The van der Waals surface area contributed by atoms with E-state index in [1.165, 1.54) is 24.5 Å². The van der Waals surface area contributed by atoms with Crippen LogP contribution in [0.1, 0.15) is 25.9 Å². The van der Waals surface area contributed by atoms with E-state index in [9.17, 15) is 14.7 Å². The Morgan fingerprint density at radius 1 is 1.30 bits per heavy atom. The van der Waals surface area contributed by atoms with Crippen molar-refractivity contribution in [3.8, 4) is 5.75 Å². The highest BCUT2D eigenvalue weighted by atomic mass is 32.1. The van der Waals surface area contributed by atoms with E-state index in [0.29, 0.717) is 21.9 Å².